The minimum atomic E-state index is -0.386. The summed E-state index contributed by atoms with van der Waals surface area (Å²) in [5, 5.41) is 0. The lowest BCUT2D eigenvalue weighted by Gasteiger charge is -1.98. The van der Waals surface area contributed by atoms with Crippen LogP contribution >= 0.6 is 0 Å². The van der Waals surface area contributed by atoms with Gasteiger partial charge in [0, 0.05) is 19.2 Å². The van der Waals surface area contributed by atoms with Gasteiger partial charge >= 0.3 is 11.7 Å². The van der Waals surface area contributed by atoms with Crippen molar-refractivity contribution in [3.05, 3.63) is 46.9 Å². The topological polar surface area (TPSA) is 53.2 Å². The molecule has 2 aromatic rings. The number of aryl methyl sites for hydroxylation is 1. The molecule has 2 rings (SSSR count). The molecule has 0 amide bonds. The van der Waals surface area contributed by atoms with Crippen LogP contribution in [-0.2, 0) is 22.6 Å². The summed E-state index contributed by atoms with van der Waals surface area (Å²) in [4.78, 5) is 23.7. The van der Waals surface area contributed by atoms with E-state index in [1.807, 2.05) is 31.2 Å². The van der Waals surface area contributed by atoms with Gasteiger partial charge in [-0.25, -0.2) is 9.59 Å². The van der Waals surface area contributed by atoms with Crippen LogP contribution in [0.3, 0.4) is 0 Å². The van der Waals surface area contributed by atoms with Crippen LogP contribution in [0, 0.1) is 0 Å². The Morgan fingerprint density at radius 3 is 2.48 bits per heavy atom. The molecule has 0 spiro atoms. The third kappa shape index (κ3) is 3.24. The molecular formula is C16H20N2O3. The molecule has 21 heavy (non-hydrogen) atoms. The zero-order chi connectivity index (χ0) is 15.2. The minimum absolute atomic E-state index is 0.0495. The Kier molecular flexibility index (Phi) is 4.98. The monoisotopic (exact) mass is 288 g/mol. The number of esters is 1. The smallest absolute Gasteiger partial charge is 0.330 e. The Balaban J connectivity index is 2.33. The standard InChI is InChI=1S/C16H20N2O3/c1-3-11-17-13-8-5-6-9-14(13)18(16(17)20)12-7-10-15(19)21-4-2/h5-10H,3-4,11-12H2,1-2H3/b10-7+. The van der Waals surface area contributed by atoms with Crippen molar-refractivity contribution < 1.29 is 9.53 Å². The average Bonchev–Trinajstić information content (AvgIpc) is 2.74. The number of aromatic nitrogens is 2. The van der Waals surface area contributed by atoms with Gasteiger partial charge in [0.2, 0.25) is 0 Å². The van der Waals surface area contributed by atoms with Crippen molar-refractivity contribution in [3.63, 3.8) is 0 Å². The van der Waals surface area contributed by atoms with E-state index >= 15 is 0 Å². The zero-order valence-electron chi connectivity index (χ0n) is 12.4. The molecule has 112 valence electrons. The normalized spacial score (nSPS) is 11.3. The number of carbonyl (C=O) groups excluding carboxylic acids is 1. The highest BCUT2D eigenvalue weighted by atomic mass is 16.5. The predicted octanol–water partition coefficient (Wildman–Crippen LogP) is 2.33. The Hall–Kier alpha value is -2.30. The molecule has 0 aliphatic heterocycles. The van der Waals surface area contributed by atoms with Crippen LogP contribution < -0.4 is 5.69 Å². The molecule has 0 radical (unpaired) electrons. The second-order valence-corrected chi connectivity index (χ2v) is 4.69. The molecule has 1 heterocycles. The second-order valence-electron chi connectivity index (χ2n) is 4.69. The summed E-state index contributed by atoms with van der Waals surface area (Å²) in [5.41, 5.74) is 1.75. The second kappa shape index (κ2) is 6.92. The quantitative estimate of drug-likeness (QED) is 0.605. The van der Waals surface area contributed by atoms with Crippen molar-refractivity contribution in [1.82, 2.24) is 9.13 Å². The van der Waals surface area contributed by atoms with Crippen LogP contribution in [0.15, 0.2) is 41.2 Å². The van der Waals surface area contributed by atoms with E-state index in [2.05, 4.69) is 0 Å². The maximum absolute atomic E-state index is 12.5. The van der Waals surface area contributed by atoms with Gasteiger partial charge in [0.25, 0.3) is 0 Å². The number of hydrogen-bond acceptors (Lipinski definition) is 3. The van der Waals surface area contributed by atoms with Crippen molar-refractivity contribution >= 4 is 17.0 Å². The Morgan fingerprint density at radius 1 is 1.19 bits per heavy atom. The molecule has 0 saturated heterocycles. The Labute approximate surface area is 123 Å². The molecule has 0 aliphatic rings. The van der Waals surface area contributed by atoms with Gasteiger partial charge in [-0.3, -0.25) is 9.13 Å². The van der Waals surface area contributed by atoms with Gasteiger partial charge in [0.1, 0.15) is 0 Å². The molecule has 5 heteroatoms. The van der Waals surface area contributed by atoms with Gasteiger partial charge in [-0.05, 0) is 25.5 Å². The molecule has 0 unspecified atom stereocenters. The predicted molar refractivity (Wildman–Crippen MR) is 82.3 cm³/mol. The van der Waals surface area contributed by atoms with Crippen molar-refractivity contribution in [2.24, 2.45) is 0 Å². The van der Waals surface area contributed by atoms with Gasteiger partial charge in [0.05, 0.1) is 17.6 Å². The molecule has 0 N–H and O–H groups in total. The average molecular weight is 288 g/mol. The number of benzene rings is 1. The number of carbonyl (C=O) groups is 1. The fourth-order valence-corrected chi connectivity index (χ4v) is 2.33. The number of nitrogens with zero attached hydrogens (tertiary/aromatic N) is 2. The summed E-state index contributed by atoms with van der Waals surface area (Å²) in [6.45, 7) is 5.19. The van der Waals surface area contributed by atoms with E-state index in [0.717, 1.165) is 17.5 Å². The van der Waals surface area contributed by atoms with Crippen LogP contribution in [0.1, 0.15) is 20.3 Å². The first-order valence-corrected chi connectivity index (χ1v) is 7.20. The van der Waals surface area contributed by atoms with E-state index in [1.54, 1.807) is 22.1 Å². The highest BCUT2D eigenvalue weighted by Crippen LogP contribution is 2.13. The first-order valence-electron chi connectivity index (χ1n) is 7.20. The van der Waals surface area contributed by atoms with Gasteiger partial charge in [-0.15, -0.1) is 0 Å². The lowest BCUT2D eigenvalue weighted by atomic mass is 10.3. The van der Waals surface area contributed by atoms with Crippen LogP contribution in [0.5, 0.6) is 0 Å². The third-order valence-electron chi connectivity index (χ3n) is 3.20. The number of imidazole rings is 1. The molecule has 5 nitrogen and oxygen atoms in total. The number of hydrogen-bond donors (Lipinski definition) is 0. The molecule has 1 aromatic carbocycles. The third-order valence-corrected chi connectivity index (χ3v) is 3.20. The molecule has 0 bridgehead atoms. The SMILES string of the molecule is CCCn1c(=O)n(C/C=C/C(=O)OCC)c2ccccc21. The maximum atomic E-state index is 12.5. The first kappa shape index (κ1) is 15.1. The Morgan fingerprint density at radius 2 is 1.86 bits per heavy atom. The van der Waals surface area contributed by atoms with Crippen LogP contribution in [0.25, 0.3) is 11.0 Å². The van der Waals surface area contributed by atoms with E-state index in [9.17, 15) is 9.59 Å². The highest BCUT2D eigenvalue weighted by Gasteiger charge is 2.10. The minimum Gasteiger partial charge on any atom is -0.463 e. The van der Waals surface area contributed by atoms with E-state index < -0.39 is 0 Å². The highest BCUT2D eigenvalue weighted by molar-refractivity contribution is 5.82. The summed E-state index contributed by atoms with van der Waals surface area (Å²) in [6, 6.07) is 7.69. The summed E-state index contributed by atoms with van der Waals surface area (Å²) in [7, 11) is 0. The molecule has 0 fully saturated rings. The van der Waals surface area contributed by atoms with Gasteiger partial charge in [-0.1, -0.05) is 25.1 Å². The summed E-state index contributed by atoms with van der Waals surface area (Å²) in [5.74, 6) is -0.386. The molecule has 0 atom stereocenters. The largest absolute Gasteiger partial charge is 0.463 e. The van der Waals surface area contributed by atoms with Crippen LogP contribution in [0.2, 0.25) is 0 Å². The first-order chi connectivity index (χ1) is 10.2. The lowest BCUT2D eigenvalue weighted by Crippen LogP contribution is -2.24. The van der Waals surface area contributed by atoms with Crippen molar-refractivity contribution in [3.8, 4) is 0 Å². The van der Waals surface area contributed by atoms with Crippen molar-refractivity contribution in [2.75, 3.05) is 6.61 Å². The number of fused-ring (bicyclic) bond motifs is 1. The zero-order valence-corrected chi connectivity index (χ0v) is 12.4. The van der Waals surface area contributed by atoms with Crippen molar-refractivity contribution in [2.45, 2.75) is 33.4 Å². The molecular weight excluding hydrogens is 268 g/mol. The van der Waals surface area contributed by atoms with E-state index in [0.29, 0.717) is 19.7 Å². The number of allylic oxidation sites excluding steroid dienone is 1. The molecule has 0 saturated carbocycles. The van der Waals surface area contributed by atoms with E-state index in [-0.39, 0.29) is 11.7 Å². The van der Waals surface area contributed by atoms with Crippen LogP contribution in [-0.4, -0.2) is 21.7 Å². The molecule has 1 aromatic heterocycles. The van der Waals surface area contributed by atoms with E-state index in [4.69, 9.17) is 4.74 Å². The number of ether oxygens (including phenoxy) is 1. The van der Waals surface area contributed by atoms with Gasteiger partial charge in [-0.2, -0.15) is 0 Å². The van der Waals surface area contributed by atoms with Gasteiger partial charge in [0.15, 0.2) is 0 Å². The summed E-state index contributed by atoms with van der Waals surface area (Å²) in [6.07, 6.45) is 3.91. The lowest BCUT2D eigenvalue weighted by molar-refractivity contribution is -0.137. The fraction of sp³-hybridized carbons (Fsp3) is 0.375. The summed E-state index contributed by atoms with van der Waals surface area (Å²) >= 11 is 0. The summed E-state index contributed by atoms with van der Waals surface area (Å²) < 4.78 is 8.26. The Bertz CT molecular complexity index is 710. The van der Waals surface area contributed by atoms with Crippen LogP contribution in [0.4, 0.5) is 0 Å². The fourth-order valence-electron chi connectivity index (χ4n) is 2.33. The number of para-hydroxylation sites is 2. The van der Waals surface area contributed by atoms with E-state index in [1.165, 1.54) is 6.08 Å². The van der Waals surface area contributed by atoms with Gasteiger partial charge < -0.3 is 4.74 Å². The maximum Gasteiger partial charge on any atom is 0.330 e. The molecule has 0 aliphatic carbocycles. The van der Waals surface area contributed by atoms with Crippen molar-refractivity contribution in [1.29, 1.82) is 0 Å². The number of rotatable bonds is 6.